The fourth-order valence-electron chi connectivity index (χ4n) is 2.19. The van der Waals surface area contributed by atoms with Crippen LogP contribution in [0.3, 0.4) is 0 Å². The van der Waals surface area contributed by atoms with Gasteiger partial charge in [0.25, 0.3) is 0 Å². The molecule has 0 spiro atoms. The van der Waals surface area contributed by atoms with Crippen LogP contribution in [0.2, 0.25) is 0 Å². The molecule has 0 radical (unpaired) electrons. The normalized spacial score (nSPS) is 25.9. The van der Waals surface area contributed by atoms with Crippen LogP contribution in [0.15, 0.2) is 24.3 Å². The highest BCUT2D eigenvalue weighted by molar-refractivity contribution is 5.94. The first kappa shape index (κ1) is 11.3. The van der Waals surface area contributed by atoms with Crippen LogP contribution in [0, 0.1) is 0 Å². The third kappa shape index (κ3) is 2.00. The summed E-state index contributed by atoms with van der Waals surface area (Å²) >= 11 is 0. The van der Waals surface area contributed by atoms with E-state index in [1.165, 1.54) is 6.92 Å². The Balaban J connectivity index is 2.25. The van der Waals surface area contributed by atoms with Crippen molar-refractivity contribution in [3.63, 3.8) is 0 Å². The van der Waals surface area contributed by atoms with E-state index in [0.717, 1.165) is 6.54 Å². The van der Waals surface area contributed by atoms with Crippen LogP contribution in [-0.4, -0.2) is 30.8 Å². The average molecular weight is 221 g/mol. The lowest BCUT2D eigenvalue weighted by Crippen LogP contribution is -2.24. The van der Waals surface area contributed by atoms with Crippen molar-refractivity contribution in [3.8, 4) is 0 Å². The van der Waals surface area contributed by atoms with Gasteiger partial charge >= 0.3 is 0 Å². The zero-order valence-electron chi connectivity index (χ0n) is 9.66. The standard InChI is InChI=1S/C13H16FNO/c1-10(16)11-3-5-12(6-4-11)13(14)7-8-15(2)9-13/h3-6H,7-9H2,1-2H3. The maximum atomic E-state index is 14.5. The lowest BCUT2D eigenvalue weighted by atomic mass is 9.94. The molecule has 0 saturated carbocycles. The molecule has 0 aromatic heterocycles. The zero-order chi connectivity index (χ0) is 11.8. The molecule has 0 aliphatic carbocycles. The third-order valence-corrected chi connectivity index (χ3v) is 3.22. The predicted molar refractivity (Wildman–Crippen MR) is 61.3 cm³/mol. The zero-order valence-corrected chi connectivity index (χ0v) is 9.66. The van der Waals surface area contributed by atoms with Crippen molar-refractivity contribution >= 4 is 5.78 Å². The molecule has 3 heteroatoms. The van der Waals surface area contributed by atoms with Crippen molar-refractivity contribution in [2.24, 2.45) is 0 Å². The number of halogens is 1. The van der Waals surface area contributed by atoms with Gasteiger partial charge in [-0.1, -0.05) is 24.3 Å². The molecule has 0 N–H and O–H groups in total. The highest BCUT2D eigenvalue weighted by Crippen LogP contribution is 2.35. The first-order chi connectivity index (χ1) is 7.51. The minimum absolute atomic E-state index is 0.0167. The molecule has 1 fully saturated rings. The van der Waals surface area contributed by atoms with Gasteiger partial charge in [-0.2, -0.15) is 0 Å². The molecule has 2 nitrogen and oxygen atoms in total. The van der Waals surface area contributed by atoms with Gasteiger partial charge in [-0.15, -0.1) is 0 Å². The molecule has 1 aromatic carbocycles. The summed E-state index contributed by atoms with van der Waals surface area (Å²) in [5.41, 5.74) is 0.0740. The van der Waals surface area contributed by atoms with Gasteiger partial charge in [-0.25, -0.2) is 4.39 Å². The number of carbonyl (C=O) groups is 1. The number of hydrogen-bond donors (Lipinski definition) is 0. The molecule has 1 atom stereocenters. The number of rotatable bonds is 2. The SMILES string of the molecule is CC(=O)c1ccc(C2(F)CCN(C)C2)cc1. The lowest BCUT2D eigenvalue weighted by molar-refractivity contribution is 0.101. The number of hydrogen-bond acceptors (Lipinski definition) is 2. The molecule has 86 valence electrons. The number of carbonyl (C=O) groups excluding carboxylic acids is 1. The topological polar surface area (TPSA) is 20.3 Å². The van der Waals surface area contributed by atoms with E-state index in [-0.39, 0.29) is 5.78 Å². The fourth-order valence-corrected chi connectivity index (χ4v) is 2.19. The predicted octanol–water partition coefficient (Wildman–Crippen LogP) is 2.39. The van der Waals surface area contributed by atoms with E-state index in [4.69, 9.17) is 0 Å². The van der Waals surface area contributed by atoms with Gasteiger partial charge in [0.1, 0.15) is 5.67 Å². The van der Waals surface area contributed by atoms with E-state index in [9.17, 15) is 9.18 Å². The Kier molecular flexibility index (Phi) is 2.80. The maximum absolute atomic E-state index is 14.5. The van der Waals surface area contributed by atoms with Crippen molar-refractivity contribution in [3.05, 3.63) is 35.4 Å². The highest BCUT2D eigenvalue weighted by Gasteiger charge is 2.38. The molecular weight excluding hydrogens is 205 g/mol. The minimum Gasteiger partial charge on any atom is -0.303 e. The Bertz CT molecular complexity index is 401. The molecule has 1 aliphatic rings. The summed E-state index contributed by atoms with van der Waals surface area (Å²) in [7, 11) is 1.92. The summed E-state index contributed by atoms with van der Waals surface area (Å²) in [6.07, 6.45) is 0.531. The highest BCUT2D eigenvalue weighted by atomic mass is 19.1. The van der Waals surface area contributed by atoms with E-state index >= 15 is 0 Å². The molecule has 16 heavy (non-hydrogen) atoms. The van der Waals surface area contributed by atoms with Crippen LogP contribution in [0.4, 0.5) is 4.39 Å². The summed E-state index contributed by atoms with van der Waals surface area (Å²) in [5, 5.41) is 0. The van der Waals surface area contributed by atoms with Crippen molar-refractivity contribution in [1.29, 1.82) is 0 Å². The van der Waals surface area contributed by atoms with Crippen molar-refractivity contribution < 1.29 is 9.18 Å². The maximum Gasteiger partial charge on any atom is 0.159 e. The van der Waals surface area contributed by atoms with Crippen LogP contribution in [0.25, 0.3) is 0 Å². The Morgan fingerprint density at radius 2 is 2.00 bits per heavy atom. The van der Waals surface area contributed by atoms with Gasteiger partial charge in [0.15, 0.2) is 5.78 Å². The number of benzene rings is 1. The van der Waals surface area contributed by atoms with E-state index in [1.54, 1.807) is 24.3 Å². The minimum atomic E-state index is -1.25. The average Bonchev–Trinajstić information content (AvgIpc) is 2.60. The number of alkyl halides is 1. The van der Waals surface area contributed by atoms with Crippen LogP contribution < -0.4 is 0 Å². The molecule has 0 amide bonds. The summed E-state index contributed by atoms with van der Waals surface area (Å²) in [5.74, 6) is 0.0167. The van der Waals surface area contributed by atoms with Crippen LogP contribution in [0.1, 0.15) is 29.3 Å². The van der Waals surface area contributed by atoms with Gasteiger partial charge in [0, 0.05) is 18.7 Å². The third-order valence-electron chi connectivity index (χ3n) is 3.22. The monoisotopic (exact) mass is 221 g/mol. The summed E-state index contributed by atoms with van der Waals surface area (Å²) < 4.78 is 14.5. The van der Waals surface area contributed by atoms with E-state index in [0.29, 0.717) is 24.1 Å². The van der Waals surface area contributed by atoms with Gasteiger partial charge in [-0.3, -0.25) is 4.79 Å². The molecule has 1 heterocycles. The molecule has 1 aliphatic heterocycles. The van der Waals surface area contributed by atoms with Crippen LogP contribution >= 0.6 is 0 Å². The first-order valence-corrected chi connectivity index (χ1v) is 5.50. The van der Waals surface area contributed by atoms with Crippen molar-refractivity contribution in [2.45, 2.75) is 19.0 Å². The van der Waals surface area contributed by atoms with Crippen LogP contribution in [-0.2, 0) is 5.67 Å². The summed E-state index contributed by atoms with van der Waals surface area (Å²) in [6.45, 7) is 2.74. The molecule has 1 unspecified atom stereocenters. The smallest absolute Gasteiger partial charge is 0.159 e. The quantitative estimate of drug-likeness (QED) is 0.715. The Hall–Kier alpha value is -1.22. The molecule has 1 saturated heterocycles. The molecule has 2 rings (SSSR count). The number of likely N-dealkylation sites (tertiary alicyclic amines) is 1. The molecular formula is C13H16FNO. The first-order valence-electron chi connectivity index (χ1n) is 5.50. The van der Waals surface area contributed by atoms with Gasteiger partial charge < -0.3 is 4.90 Å². The Labute approximate surface area is 95.1 Å². The second-order valence-corrected chi connectivity index (χ2v) is 4.59. The largest absolute Gasteiger partial charge is 0.303 e. The number of nitrogens with zero attached hydrogens (tertiary/aromatic N) is 1. The lowest BCUT2D eigenvalue weighted by Gasteiger charge is -2.20. The van der Waals surface area contributed by atoms with Crippen molar-refractivity contribution in [1.82, 2.24) is 4.90 Å². The number of ketones is 1. The molecule has 0 bridgehead atoms. The second-order valence-electron chi connectivity index (χ2n) is 4.59. The van der Waals surface area contributed by atoms with E-state index in [1.807, 2.05) is 11.9 Å². The molecule has 1 aromatic rings. The van der Waals surface area contributed by atoms with Crippen LogP contribution in [0.5, 0.6) is 0 Å². The second kappa shape index (κ2) is 3.98. The fraction of sp³-hybridized carbons (Fsp3) is 0.462. The Morgan fingerprint density at radius 1 is 1.38 bits per heavy atom. The van der Waals surface area contributed by atoms with Gasteiger partial charge in [0.2, 0.25) is 0 Å². The van der Waals surface area contributed by atoms with Gasteiger partial charge in [-0.05, 0) is 26.0 Å². The van der Waals surface area contributed by atoms with Gasteiger partial charge in [0.05, 0.1) is 0 Å². The Morgan fingerprint density at radius 3 is 2.44 bits per heavy atom. The van der Waals surface area contributed by atoms with E-state index in [2.05, 4.69) is 0 Å². The number of Topliss-reactive ketones (excluding diaryl/α,β-unsaturated/α-hetero) is 1. The van der Waals surface area contributed by atoms with Crippen molar-refractivity contribution in [2.75, 3.05) is 20.1 Å². The summed E-state index contributed by atoms with van der Waals surface area (Å²) in [4.78, 5) is 13.1. The van der Waals surface area contributed by atoms with E-state index < -0.39 is 5.67 Å². The number of likely N-dealkylation sites (N-methyl/N-ethyl adjacent to an activating group) is 1. The summed E-state index contributed by atoms with van der Waals surface area (Å²) in [6, 6.07) is 6.88.